The molecule has 0 aliphatic carbocycles. The van der Waals surface area contributed by atoms with Gasteiger partial charge in [0.25, 0.3) is 5.91 Å². The predicted octanol–water partition coefficient (Wildman–Crippen LogP) is 2.64. The van der Waals surface area contributed by atoms with E-state index in [2.05, 4.69) is 15.3 Å². The number of hydrogen-bond donors (Lipinski definition) is 2. The average Bonchev–Trinajstić information content (AvgIpc) is 3.04. The second kappa shape index (κ2) is 6.24. The number of carbonyl (C=O) groups excluding carboxylic acids is 1. The first-order valence-corrected chi connectivity index (χ1v) is 7.95. The van der Waals surface area contributed by atoms with Crippen LogP contribution in [0.4, 0.5) is 0 Å². The molecule has 6 heteroatoms. The Morgan fingerprint density at radius 1 is 1.12 bits per heavy atom. The predicted molar refractivity (Wildman–Crippen MR) is 94.6 cm³/mol. The van der Waals surface area contributed by atoms with E-state index in [-0.39, 0.29) is 11.2 Å². The third-order valence-electron chi connectivity index (χ3n) is 3.94. The highest BCUT2D eigenvalue weighted by atomic mass is 16.3. The van der Waals surface area contributed by atoms with Gasteiger partial charge in [0.15, 0.2) is 11.2 Å². The van der Waals surface area contributed by atoms with Gasteiger partial charge in [0.2, 0.25) is 0 Å². The first-order valence-electron chi connectivity index (χ1n) is 7.95. The summed E-state index contributed by atoms with van der Waals surface area (Å²) < 4.78 is 5.52. The van der Waals surface area contributed by atoms with Gasteiger partial charge in [0.05, 0.1) is 16.4 Å². The molecule has 6 nitrogen and oxygen atoms in total. The molecule has 0 saturated heterocycles. The maximum Gasteiger partial charge on any atom is 0.287 e. The molecule has 0 unspecified atom stereocenters. The van der Waals surface area contributed by atoms with Gasteiger partial charge in [-0.3, -0.25) is 9.59 Å². The summed E-state index contributed by atoms with van der Waals surface area (Å²) in [6.07, 6.45) is 0.554. The monoisotopic (exact) mass is 333 g/mol. The smallest absolute Gasteiger partial charge is 0.287 e. The first-order chi connectivity index (χ1) is 12.2. The molecule has 0 aliphatic rings. The van der Waals surface area contributed by atoms with E-state index in [1.807, 2.05) is 24.3 Å². The number of para-hydroxylation sites is 3. The van der Waals surface area contributed by atoms with Crippen LogP contribution in [-0.2, 0) is 6.42 Å². The molecule has 124 valence electrons. The molecule has 0 spiro atoms. The Bertz CT molecular complexity index is 1090. The summed E-state index contributed by atoms with van der Waals surface area (Å²) in [7, 11) is 0. The van der Waals surface area contributed by atoms with Crippen LogP contribution in [0, 0.1) is 0 Å². The highest BCUT2D eigenvalue weighted by molar-refractivity contribution is 5.93. The Morgan fingerprint density at radius 2 is 1.92 bits per heavy atom. The number of carbonyl (C=O) groups is 1. The Balaban J connectivity index is 1.46. The normalized spacial score (nSPS) is 11.0. The minimum Gasteiger partial charge on any atom is -0.451 e. The van der Waals surface area contributed by atoms with Crippen LogP contribution >= 0.6 is 0 Å². The molecule has 2 heterocycles. The van der Waals surface area contributed by atoms with Crippen molar-refractivity contribution >= 4 is 27.9 Å². The third-order valence-corrected chi connectivity index (χ3v) is 3.94. The molecule has 25 heavy (non-hydrogen) atoms. The van der Waals surface area contributed by atoms with Crippen molar-refractivity contribution in [3.63, 3.8) is 0 Å². The van der Waals surface area contributed by atoms with Gasteiger partial charge in [-0.15, -0.1) is 0 Å². The van der Waals surface area contributed by atoms with Gasteiger partial charge in [0.1, 0.15) is 11.4 Å². The van der Waals surface area contributed by atoms with E-state index < -0.39 is 5.91 Å². The summed E-state index contributed by atoms with van der Waals surface area (Å²) in [4.78, 5) is 31.9. The van der Waals surface area contributed by atoms with E-state index in [1.54, 1.807) is 24.3 Å². The van der Waals surface area contributed by atoms with Crippen molar-refractivity contribution in [2.75, 3.05) is 6.54 Å². The van der Waals surface area contributed by atoms with Gasteiger partial charge in [0, 0.05) is 19.0 Å². The molecular formula is C19H15N3O3. The molecule has 0 aliphatic heterocycles. The first kappa shape index (κ1) is 15.1. The number of aromatic nitrogens is 2. The number of benzene rings is 2. The summed E-state index contributed by atoms with van der Waals surface area (Å²) in [6.45, 7) is 0.384. The van der Waals surface area contributed by atoms with Crippen LogP contribution in [0.25, 0.3) is 22.0 Å². The second-order valence-electron chi connectivity index (χ2n) is 5.68. The summed E-state index contributed by atoms with van der Waals surface area (Å²) in [5, 5.41) is 3.21. The van der Waals surface area contributed by atoms with Gasteiger partial charge in [-0.25, -0.2) is 4.98 Å². The fraction of sp³-hybridized carbons (Fsp3) is 0.105. The van der Waals surface area contributed by atoms with Gasteiger partial charge in [-0.1, -0.05) is 24.3 Å². The Labute approximate surface area is 142 Å². The van der Waals surface area contributed by atoms with Crippen LogP contribution in [0.3, 0.4) is 0 Å². The number of imidazole rings is 1. The topological polar surface area (TPSA) is 88.0 Å². The maximum atomic E-state index is 12.2. The molecular weight excluding hydrogens is 318 g/mol. The number of hydrogen-bond acceptors (Lipinski definition) is 4. The zero-order valence-electron chi connectivity index (χ0n) is 13.3. The van der Waals surface area contributed by atoms with Crippen LogP contribution in [0.2, 0.25) is 0 Å². The lowest BCUT2D eigenvalue weighted by Crippen LogP contribution is -2.26. The van der Waals surface area contributed by atoms with Crippen LogP contribution < -0.4 is 10.7 Å². The number of rotatable bonds is 4. The van der Waals surface area contributed by atoms with E-state index in [1.165, 1.54) is 6.07 Å². The van der Waals surface area contributed by atoms with Crippen molar-refractivity contribution < 1.29 is 9.21 Å². The van der Waals surface area contributed by atoms with E-state index in [0.29, 0.717) is 23.9 Å². The number of nitrogens with one attached hydrogen (secondary N) is 2. The highest BCUT2D eigenvalue weighted by Gasteiger charge is 2.12. The van der Waals surface area contributed by atoms with E-state index in [0.717, 1.165) is 16.9 Å². The zero-order chi connectivity index (χ0) is 17.2. The maximum absolute atomic E-state index is 12.2. The molecule has 0 bridgehead atoms. The summed E-state index contributed by atoms with van der Waals surface area (Å²) in [5.41, 5.74) is 2.02. The average molecular weight is 333 g/mol. The van der Waals surface area contributed by atoms with E-state index in [4.69, 9.17) is 4.42 Å². The number of aromatic amines is 1. The lowest BCUT2D eigenvalue weighted by atomic mass is 10.2. The molecule has 2 aromatic carbocycles. The van der Waals surface area contributed by atoms with E-state index >= 15 is 0 Å². The number of nitrogens with zero attached hydrogens (tertiary/aromatic N) is 1. The minimum atomic E-state index is -0.418. The van der Waals surface area contributed by atoms with Crippen molar-refractivity contribution in [1.82, 2.24) is 15.3 Å². The SMILES string of the molecule is O=C(NCCc1nc2ccccc2[nH]1)c1cc(=O)c2ccccc2o1. The molecule has 4 rings (SSSR count). The zero-order valence-corrected chi connectivity index (χ0v) is 13.3. The van der Waals surface area contributed by atoms with Crippen LogP contribution in [0.5, 0.6) is 0 Å². The highest BCUT2D eigenvalue weighted by Crippen LogP contribution is 2.12. The van der Waals surface area contributed by atoms with Crippen LogP contribution in [0.15, 0.2) is 63.8 Å². The molecule has 2 aromatic heterocycles. The molecule has 4 aromatic rings. The quantitative estimate of drug-likeness (QED) is 0.601. The Kier molecular flexibility index (Phi) is 3.78. The lowest BCUT2D eigenvalue weighted by Gasteiger charge is -2.04. The number of fused-ring (bicyclic) bond motifs is 2. The van der Waals surface area contributed by atoms with Crippen LogP contribution in [0.1, 0.15) is 16.4 Å². The minimum absolute atomic E-state index is 0.00769. The summed E-state index contributed by atoms with van der Waals surface area (Å²) in [5.74, 6) is 0.383. The summed E-state index contributed by atoms with van der Waals surface area (Å²) >= 11 is 0. The largest absolute Gasteiger partial charge is 0.451 e. The Morgan fingerprint density at radius 3 is 2.80 bits per heavy atom. The van der Waals surface area contributed by atoms with Gasteiger partial charge >= 0.3 is 0 Å². The molecule has 2 N–H and O–H groups in total. The molecule has 0 saturated carbocycles. The van der Waals surface area contributed by atoms with E-state index in [9.17, 15) is 9.59 Å². The second-order valence-corrected chi connectivity index (χ2v) is 5.68. The number of amides is 1. The molecule has 0 radical (unpaired) electrons. The molecule has 0 atom stereocenters. The summed E-state index contributed by atoms with van der Waals surface area (Å²) in [6, 6.07) is 15.8. The number of H-pyrrole nitrogens is 1. The van der Waals surface area contributed by atoms with Crippen molar-refractivity contribution in [3.05, 3.63) is 76.4 Å². The van der Waals surface area contributed by atoms with Gasteiger partial charge in [-0.05, 0) is 24.3 Å². The molecule has 0 fully saturated rings. The molecule has 1 amide bonds. The van der Waals surface area contributed by atoms with Crippen molar-refractivity contribution in [3.8, 4) is 0 Å². The van der Waals surface area contributed by atoms with Crippen molar-refractivity contribution in [1.29, 1.82) is 0 Å². The fourth-order valence-corrected chi connectivity index (χ4v) is 2.72. The Hall–Kier alpha value is -3.41. The van der Waals surface area contributed by atoms with Crippen molar-refractivity contribution in [2.24, 2.45) is 0 Å². The standard InChI is InChI=1S/C19H15N3O3/c23-15-11-17(25-16-8-4-1-5-12(15)16)19(24)20-10-9-18-21-13-6-2-3-7-14(13)22-18/h1-8,11H,9-10H2,(H,20,24)(H,21,22). The van der Waals surface area contributed by atoms with Crippen LogP contribution in [-0.4, -0.2) is 22.4 Å². The van der Waals surface area contributed by atoms with Crippen molar-refractivity contribution in [2.45, 2.75) is 6.42 Å². The lowest BCUT2D eigenvalue weighted by molar-refractivity contribution is 0.0927. The van der Waals surface area contributed by atoms with Gasteiger partial charge in [-0.2, -0.15) is 0 Å². The van der Waals surface area contributed by atoms with Gasteiger partial charge < -0.3 is 14.7 Å². The fourth-order valence-electron chi connectivity index (χ4n) is 2.72. The third kappa shape index (κ3) is 3.01.